The van der Waals surface area contributed by atoms with E-state index in [1.807, 2.05) is 76.3 Å². The van der Waals surface area contributed by atoms with Crippen LogP contribution in [0.2, 0.25) is 0 Å². The molecule has 2 atom stereocenters. The minimum Gasteiger partial charge on any atom is -0.478 e. The number of imidazole rings is 2. The molecule has 0 radical (unpaired) electrons. The molecular weight excluding hydrogens is 991 g/mol. The number of ether oxygens (including phenoxy) is 1. The molecule has 7 heterocycles. The molecule has 1 amide bonds. The number of likely N-dealkylation sites (tertiary alicyclic amines) is 1. The number of fused-ring (bicyclic) bond motifs is 4. The van der Waals surface area contributed by atoms with Crippen LogP contribution in [0.5, 0.6) is 0 Å². The highest BCUT2D eigenvalue weighted by Gasteiger charge is 2.30. The van der Waals surface area contributed by atoms with Crippen molar-refractivity contribution in [2.45, 2.75) is 131 Å². The number of aryl methyl sites for hydroxylation is 2. The van der Waals surface area contributed by atoms with E-state index in [2.05, 4.69) is 91.8 Å². The van der Waals surface area contributed by atoms with Gasteiger partial charge in [0.2, 0.25) is 0 Å². The Kier molecular flexibility index (Phi) is 16.0. The van der Waals surface area contributed by atoms with Gasteiger partial charge in [0, 0.05) is 87.6 Å². The maximum Gasteiger partial charge on any atom is 0.335 e. The standard InChI is InChI=1S/C32H39N5O2.C21H19N3O2.C11H21NO2/c1-32(2,3)18-25(38)15-22-7-6-14-36(19-22)31(39)24-11-12-27-26(16-24)34-30(35(27)4)28-17-23-8-5-13-33-29(23)37(28)20-21-9-10-21;1-23-18-9-8-15(21(25)26)10-16(18)22-20(23)19-11-14-4-2-3-5-17(14)24(19)12-13-6-7-13;1-11(2,3)14-10(13)7-9-5-4-6-12-8-9/h5,8,11-13,16-17,21-22H,6-7,9-10,14-15,18-20H2,1-4H3;2-5,8-11,13H,6-7,12H2,1H3,(H,25,26);9,12H,4-8H2,1-3H3/t22-;;9-/m0.0/s1. The topological polar surface area (TPSA) is 171 Å². The lowest BCUT2D eigenvalue weighted by Gasteiger charge is -2.33. The molecule has 0 unspecified atom stereocenters. The zero-order chi connectivity index (χ0) is 55.8. The first-order valence-electron chi connectivity index (χ1n) is 28.7. The summed E-state index contributed by atoms with van der Waals surface area (Å²) in [7, 11) is 4.03. The second-order valence-electron chi connectivity index (χ2n) is 25.1. The van der Waals surface area contributed by atoms with Gasteiger partial charge in [-0.3, -0.25) is 14.4 Å². The summed E-state index contributed by atoms with van der Waals surface area (Å²) in [6.07, 6.45) is 12.9. The molecule has 2 aliphatic carbocycles. The highest BCUT2D eigenvalue weighted by atomic mass is 16.6. The number of para-hydroxylation sites is 1. The minimum atomic E-state index is -0.929. The number of amides is 1. The third kappa shape index (κ3) is 13.3. The maximum absolute atomic E-state index is 13.6. The molecule has 2 aliphatic heterocycles. The summed E-state index contributed by atoms with van der Waals surface area (Å²) < 4.78 is 14.1. The summed E-state index contributed by atoms with van der Waals surface area (Å²) in [6, 6.07) is 27.9. The number of benzene rings is 3. The van der Waals surface area contributed by atoms with Crippen LogP contribution < -0.4 is 5.32 Å². The molecule has 5 aromatic heterocycles. The van der Waals surface area contributed by atoms with E-state index in [9.17, 15) is 24.3 Å². The molecule has 0 spiro atoms. The van der Waals surface area contributed by atoms with Gasteiger partial charge in [0.15, 0.2) is 11.6 Å². The molecule has 2 saturated heterocycles. The van der Waals surface area contributed by atoms with Gasteiger partial charge in [0.1, 0.15) is 17.0 Å². The van der Waals surface area contributed by atoms with Crippen LogP contribution in [-0.4, -0.2) is 98.6 Å². The zero-order valence-corrected chi connectivity index (χ0v) is 47.6. The molecule has 79 heavy (non-hydrogen) atoms. The Bertz CT molecular complexity index is 3530. The van der Waals surface area contributed by atoms with Crippen LogP contribution in [0.3, 0.4) is 0 Å². The van der Waals surface area contributed by atoms with Gasteiger partial charge in [-0.05, 0) is 181 Å². The fraction of sp³-hybridized carbons (Fsp3) is 0.484. The summed E-state index contributed by atoms with van der Waals surface area (Å²) in [4.78, 5) is 65.3. The normalized spacial score (nSPS) is 17.8. The monoisotopic (exact) mass is 1070 g/mol. The molecule has 3 aromatic carbocycles. The van der Waals surface area contributed by atoms with Gasteiger partial charge in [0.25, 0.3) is 5.91 Å². The van der Waals surface area contributed by atoms with Crippen LogP contribution in [0.1, 0.15) is 133 Å². The number of aromatic carboxylic acids is 1. The minimum absolute atomic E-state index is 0.000971. The lowest BCUT2D eigenvalue weighted by atomic mass is 9.85. The van der Waals surface area contributed by atoms with Gasteiger partial charge < -0.3 is 38.3 Å². The van der Waals surface area contributed by atoms with E-state index in [0.29, 0.717) is 54.5 Å². The third-order valence-corrected chi connectivity index (χ3v) is 15.8. The van der Waals surface area contributed by atoms with Crippen LogP contribution in [-0.2, 0) is 41.5 Å². The highest BCUT2D eigenvalue weighted by Crippen LogP contribution is 2.38. The van der Waals surface area contributed by atoms with E-state index in [1.54, 1.807) is 12.1 Å². The third-order valence-electron chi connectivity index (χ3n) is 15.8. The number of hydrogen-bond donors (Lipinski definition) is 2. The number of aromatic nitrogens is 7. The molecule has 4 aliphatic rings. The summed E-state index contributed by atoms with van der Waals surface area (Å²) in [6.45, 7) is 17.4. The first-order valence-corrected chi connectivity index (χ1v) is 28.7. The van der Waals surface area contributed by atoms with Crippen molar-refractivity contribution in [1.29, 1.82) is 0 Å². The fourth-order valence-electron chi connectivity index (χ4n) is 11.6. The van der Waals surface area contributed by atoms with E-state index < -0.39 is 5.97 Å². The SMILES string of the molecule is CC(C)(C)OC(=O)C[C@@H]1CCCNC1.Cn1c(-c2cc3ccccc3n2CC2CC2)nc2cc(C(=O)O)ccc21.Cn1c(-c2cc3cccnc3n2CC2CC2)nc2cc(C(=O)N3CCC[C@@H](CC(=O)CC(C)(C)C)C3)ccc21. The molecule has 12 rings (SSSR count). The number of hydrogen-bond acceptors (Lipinski definition) is 9. The van der Waals surface area contributed by atoms with Gasteiger partial charge in [-0.1, -0.05) is 39.0 Å². The Hall–Kier alpha value is -7.13. The van der Waals surface area contributed by atoms with E-state index in [0.717, 1.165) is 109 Å². The number of pyridine rings is 1. The smallest absolute Gasteiger partial charge is 0.335 e. The van der Waals surface area contributed by atoms with Crippen molar-refractivity contribution in [2.75, 3.05) is 26.2 Å². The van der Waals surface area contributed by atoms with Gasteiger partial charge >= 0.3 is 11.9 Å². The van der Waals surface area contributed by atoms with Crippen molar-refractivity contribution in [3.8, 4) is 23.0 Å². The Morgan fingerprint density at radius 2 is 1.27 bits per heavy atom. The Morgan fingerprint density at radius 3 is 1.90 bits per heavy atom. The molecule has 8 aromatic rings. The van der Waals surface area contributed by atoms with Gasteiger partial charge in [-0.2, -0.15) is 0 Å². The quantitative estimate of drug-likeness (QED) is 0.106. The number of nitrogens with zero attached hydrogens (tertiary/aromatic N) is 8. The van der Waals surface area contributed by atoms with Crippen LogP contribution in [0.25, 0.3) is 67.0 Å². The van der Waals surface area contributed by atoms with Crippen molar-refractivity contribution < 1.29 is 29.0 Å². The summed E-state index contributed by atoms with van der Waals surface area (Å²) in [5.74, 6) is 3.28. The van der Waals surface area contributed by atoms with Crippen LogP contribution in [0.15, 0.2) is 91.1 Å². The van der Waals surface area contributed by atoms with Crippen LogP contribution in [0, 0.1) is 29.1 Å². The number of Topliss-reactive ketones (excluding diaryl/α,β-unsaturated/α-hetero) is 1. The van der Waals surface area contributed by atoms with Crippen molar-refractivity contribution in [3.05, 3.63) is 102 Å². The summed E-state index contributed by atoms with van der Waals surface area (Å²) in [5.41, 5.74) is 8.45. The molecule has 416 valence electrons. The number of carboxylic acid groups (broad SMARTS) is 1. The molecule has 2 saturated carbocycles. The first-order chi connectivity index (χ1) is 37.7. The van der Waals surface area contributed by atoms with Crippen molar-refractivity contribution in [1.82, 2.24) is 43.4 Å². The molecule has 4 fully saturated rings. The highest BCUT2D eigenvalue weighted by molar-refractivity contribution is 5.98. The number of esters is 1. The van der Waals surface area contributed by atoms with Crippen LogP contribution >= 0.6 is 0 Å². The maximum atomic E-state index is 13.6. The zero-order valence-electron chi connectivity index (χ0n) is 47.6. The van der Waals surface area contributed by atoms with Crippen molar-refractivity contribution in [3.63, 3.8) is 0 Å². The number of piperidine rings is 2. The summed E-state index contributed by atoms with van der Waals surface area (Å²) >= 11 is 0. The lowest BCUT2D eigenvalue weighted by molar-refractivity contribution is -0.156. The van der Waals surface area contributed by atoms with Crippen molar-refractivity contribution >= 4 is 67.6 Å². The van der Waals surface area contributed by atoms with E-state index in [1.165, 1.54) is 43.0 Å². The molecular formula is C64H79N9O6. The number of carboxylic acids is 1. The average Bonchev–Trinajstić information content (AvgIpc) is 4.38. The van der Waals surface area contributed by atoms with Gasteiger partial charge in [-0.25, -0.2) is 19.7 Å². The molecule has 2 N–H and O–H groups in total. The number of carbonyl (C=O) groups is 4. The molecule has 0 bridgehead atoms. The number of rotatable bonds is 13. The van der Waals surface area contributed by atoms with Crippen molar-refractivity contribution in [2.24, 2.45) is 43.2 Å². The molecule has 15 nitrogen and oxygen atoms in total. The van der Waals surface area contributed by atoms with Crippen LogP contribution in [0.4, 0.5) is 0 Å². The van der Waals surface area contributed by atoms with E-state index in [4.69, 9.17) is 14.7 Å². The predicted octanol–water partition coefficient (Wildman–Crippen LogP) is 12.3. The van der Waals surface area contributed by atoms with E-state index in [-0.39, 0.29) is 34.4 Å². The first kappa shape index (κ1) is 55.2. The predicted molar refractivity (Wildman–Crippen MR) is 312 cm³/mol. The Labute approximate surface area is 463 Å². The van der Waals surface area contributed by atoms with E-state index >= 15 is 0 Å². The second kappa shape index (κ2) is 22.9. The number of carbonyl (C=O) groups excluding carboxylic acids is 3. The van der Waals surface area contributed by atoms with Gasteiger partial charge in [0.05, 0.1) is 39.0 Å². The number of ketones is 1. The number of nitrogens with one attached hydrogen (secondary N) is 1. The molecule has 15 heteroatoms. The average molecular weight is 1070 g/mol. The Morgan fingerprint density at radius 1 is 0.658 bits per heavy atom. The second-order valence-corrected chi connectivity index (χ2v) is 25.1. The largest absolute Gasteiger partial charge is 0.478 e. The Balaban J connectivity index is 0.000000151. The fourth-order valence-corrected chi connectivity index (χ4v) is 11.6. The lowest BCUT2D eigenvalue weighted by Crippen LogP contribution is -2.40. The van der Waals surface area contributed by atoms with Gasteiger partial charge in [-0.15, -0.1) is 0 Å². The summed E-state index contributed by atoms with van der Waals surface area (Å²) in [5, 5.41) is 14.9.